The van der Waals surface area contributed by atoms with Gasteiger partial charge in [0.05, 0.1) is 51.1 Å². The molecular formula is C34H50Cl2N4O10S. The third kappa shape index (κ3) is 14.2. The quantitative estimate of drug-likeness (QED) is 0.0978. The Balaban J connectivity index is 1.27. The monoisotopic (exact) mass is 776 g/mol. The molecule has 51 heavy (non-hydrogen) atoms. The van der Waals surface area contributed by atoms with Crippen LogP contribution in [0.15, 0.2) is 41.3 Å². The zero-order chi connectivity index (χ0) is 37.2. The van der Waals surface area contributed by atoms with E-state index in [0.717, 1.165) is 29.7 Å². The number of hydrogen-bond acceptors (Lipinski definition) is 11. The maximum absolute atomic E-state index is 13.1. The summed E-state index contributed by atoms with van der Waals surface area (Å²) in [6.07, 6.45) is -3.01. The highest BCUT2D eigenvalue weighted by Crippen LogP contribution is 2.39. The number of benzene rings is 2. The standard InChI is InChI=1S/C34H50Cl2N4O10S/c1-3-11-47-12-8-37-33(43)31(41)32(42)34(44)38-9-13-48-15-17-50-18-16-49-14-10-39-51(45,46)26-7-5-6-24(19-26)28-22-40(4-2)23-29-27(28)20-25(35)21-30(29)36/h5-7,19-21,28,31-32,39,41-42H,3-4,8-18,22-23H2,1-2H3,(H,37,43)(H,38,44). The summed E-state index contributed by atoms with van der Waals surface area (Å²) in [7, 11) is -3.79. The number of likely N-dealkylation sites (N-methyl/N-ethyl adjacent to an activating group) is 1. The minimum absolute atomic E-state index is 0.0497. The molecule has 0 saturated carbocycles. The maximum Gasteiger partial charge on any atom is 0.252 e. The van der Waals surface area contributed by atoms with Crippen molar-refractivity contribution in [2.24, 2.45) is 0 Å². The van der Waals surface area contributed by atoms with Crippen molar-refractivity contribution in [1.29, 1.82) is 0 Å². The van der Waals surface area contributed by atoms with Crippen LogP contribution in [0.1, 0.15) is 42.9 Å². The average Bonchev–Trinajstić information content (AvgIpc) is 3.12. The summed E-state index contributed by atoms with van der Waals surface area (Å²) >= 11 is 12.9. The predicted molar refractivity (Wildman–Crippen MR) is 192 cm³/mol. The molecule has 14 nitrogen and oxygen atoms in total. The number of carbonyl (C=O) groups excluding carboxylic acids is 2. The van der Waals surface area contributed by atoms with Gasteiger partial charge in [0.2, 0.25) is 10.0 Å². The highest BCUT2D eigenvalue weighted by Gasteiger charge is 2.30. The van der Waals surface area contributed by atoms with Crippen LogP contribution in [-0.2, 0) is 45.1 Å². The van der Waals surface area contributed by atoms with E-state index in [1.165, 1.54) is 0 Å². The van der Waals surface area contributed by atoms with Crippen molar-refractivity contribution in [3.63, 3.8) is 0 Å². The van der Waals surface area contributed by atoms with Crippen LogP contribution in [0.2, 0.25) is 10.0 Å². The van der Waals surface area contributed by atoms with Crippen LogP contribution in [0.3, 0.4) is 0 Å². The molecule has 2 amide bonds. The second-order valence-corrected chi connectivity index (χ2v) is 14.3. The van der Waals surface area contributed by atoms with Crippen LogP contribution in [0.4, 0.5) is 0 Å². The Labute approximate surface area is 310 Å². The summed E-state index contributed by atoms with van der Waals surface area (Å²) in [5.74, 6) is -1.87. The van der Waals surface area contributed by atoms with Crippen molar-refractivity contribution in [1.82, 2.24) is 20.3 Å². The Morgan fingerprint density at radius 1 is 0.843 bits per heavy atom. The Hall–Kier alpha value is -2.41. The molecule has 286 valence electrons. The van der Waals surface area contributed by atoms with Gasteiger partial charge in [-0.15, -0.1) is 0 Å². The Kier molecular flexibility index (Phi) is 19.1. The summed E-state index contributed by atoms with van der Waals surface area (Å²) in [4.78, 5) is 26.3. The number of hydrogen-bond donors (Lipinski definition) is 5. The van der Waals surface area contributed by atoms with Gasteiger partial charge >= 0.3 is 0 Å². The van der Waals surface area contributed by atoms with Crippen molar-refractivity contribution < 1.29 is 47.2 Å². The Bertz CT molecular complexity index is 1500. The first-order valence-corrected chi connectivity index (χ1v) is 19.2. The molecule has 0 saturated heterocycles. The predicted octanol–water partition coefficient (Wildman–Crippen LogP) is 1.67. The van der Waals surface area contributed by atoms with E-state index in [2.05, 4.69) is 27.2 Å². The fourth-order valence-electron chi connectivity index (χ4n) is 5.28. The number of aliphatic hydroxyl groups is 2. The van der Waals surface area contributed by atoms with E-state index >= 15 is 0 Å². The van der Waals surface area contributed by atoms with E-state index in [1.807, 2.05) is 19.1 Å². The number of carbonyl (C=O) groups is 2. The first kappa shape index (κ1) is 43.0. The molecule has 0 radical (unpaired) electrons. The molecule has 1 aliphatic heterocycles. The number of nitrogens with one attached hydrogen (secondary N) is 3. The third-order valence-corrected chi connectivity index (χ3v) is 9.98. The first-order chi connectivity index (χ1) is 24.5. The van der Waals surface area contributed by atoms with Gasteiger partial charge in [-0.25, -0.2) is 13.1 Å². The molecule has 1 heterocycles. The molecule has 3 atom stereocenters. The molecule has 2 aromatic carbocycles. The van der Waals surface area contributed by atoms with Crippen molar-refractivity contribution in [2.45, 2.75) is 49.8 Å². The van der Waals surface area contributed by atoms with Crippen LogP contribution < -0.4 is 15.4 Å². The van der Waals surface area contributed by atoms with E-state index in [-0.39, 0.29) is 76.7 Å². The molecular weight excluding hydrogens is 727 g/mol. The van der Waals surface area contributed by atoms with Crippen molar-refractivity contribution in [3.8, 4) is 0 Å². The molecule has 17 heteroatoms. The van der Waals surface area contributed by atoms with E-state index in [0.29, 0.717) is 29.7 Å². The van der Waals surface area contributed by atoms with Gasteiger partial charge in [-0.2, -0.15) is 0 Å². The normalized spacial score (nSPS) is 16.0. The fourth-order valence-corrected chi connectivity index (χ4v) is 6.92. The summed E-state index contributed by atoms with van der Waals surface area (Å²) in [5.41, 5.74) is 2.87. The molecule has 2 aromatic rings. The van der Waals surface area contributed by atoms with Crippen LogP contribution in [0.5, 0.6) is 0 Å². The van der Waals surface area contributed by atoms with Crippen molar-refractivity contribution in [2.75, 3.05) is 85.6 Å². The first-order valence-electron chi connectivity index (χ1n) is 17.0. The maximum atomic E-state index is 13.1. The summed E-state index contributed by atoms with van der Waals surface area (Å²) < 4.78 is 50.2. The van der Waals surface area contributed by atoms with E-state index < -0.39 is 34.0 Å². The minimum Gasteiger partial charge on any atom is -0.380 e. The lowest BCUT2D eigenvalue weighted by Gasteiger charge is -2.35. The fraction of sp³-hybridized carbons (Fsp3) is 0.588. The summed E-state index contributed by atoms with van der Waals surface area (Å²) in [5, 5.41) is 25.7. The SMILES string of the molecule is CCCOCCNC(=O)C(O)C(O)C(=O)NCCOCCOCCOCCNS(=O)(=O)c1cccc(C2CN(CC)Cc3c(Cl)cc(Cl)cc32)c1. The third-order valence-electron chi connectivity index (χ3n) is 7.97. The number of rotatable bonds is 24. The van der Waals surface area contributed by atoms with Crippen LogP contribution >= 0.6 is 23.2 Å². The van der Waals surface area contributed by atoms with Gasteiger partial charge in [-0.05, 0) is 53.9 Å². The Morgan fingerprint density at radius 2 is 1.41 bits per heavy atom. The summed E-state index contributed by atoms with van der Waals surface area (Å²) in [6.45, 7) is 8.60. The Morgan fingerprint density at radius 3 is 2.00 bits per heavy atom. The summed E-state index contributed by atoms with van der Waals surface area (Å²) in [6, 6.07) is 10.6. The highest BCUT2D eigenvalue weighted by atomic mass is 35.5. The van der Waals surface area contributed by atoms with E-state index in [1.54, 1.807) is 24.3 Å². The lowest BCUT2D eigenvalue weighted by Crippen LogP contribution is -2.50. The molecule has 0 spiro atoms. The van der Waals surface area contributed by atoms with Gasteiger partial charge in [-0.3, -0.25) is 14.5 Å². The van der Waals surface area contributed by atoms with Gasteiger partial charge in [0.1, 0.15) is 0 Å². The lowest BCUT2D eigenvalue weighted by atomic mass is 9.84. The number of halogens is 2. The van der Waals surface area contributed by atoms with Gasteiger partial charge in [0.25, 0.3) is 11.8 Å². The van der Waals surface area contributed by atoms with Crippen molar-refractivity contribution in [3.05, 3.63) is 63.1 Å². The van der Waals surface area contributed by atoms with Gasteiger partial charge in [-0.1, -0.05) is 49.2 Å². The smallest absolute Gasteiger partial charge is 0.252 e. The molecule has 3 unspecified atom stereocenters. The van der Waals surface area contributed by atoms with Gasteiger partial charge < -0.3 is 39.8 Å². The molecule has 5 N–H and O–H groups in total. The number of nitrogens with zero attached hydrogens (tertiary/aromatic N) is 1. The molecule has 0 aromatic heterocycles. The molecule has 3 rings (SSSR count). The highest BCUT2D eigenvalue weighted by molar-refractivity contribution is 7.89. The molecule has 0 bridgehead atoms. The number of amides is 2. The number of aliphatic hydroxyl groups excluding tert-OH is 2. The number of sulfonamides is 1. The molecule has 0 fully saturated rings. The van der Waals surface area contributed by atoms with Gasteiger partial charge in [0.15, 0.2) is 12.2 Å². The second kappa shape index (κ2) is 22.6. The topological polar surface area (TPSA) is 185 Å². The van der Waals surface area contributed by atoms with E-state index in [9.17, 15) is 28.2 Å². The zero-order valence-electron chi connectivity index (χ0n) is 29.1. The second-order valence-electron chi connectivity index (χ2n) is 11.7. The zero-order valence-corrected chi connectivity index (χ0v) is 31.4. The van der Waals surface area contributed by atoms with Crippen LogP contribution in [-0.4, -0.2) is 133 Å². The number of ether oxygens (including phenoxy) is 4. The average molecular weight is 778 g/mol. The molecule has 0 aliphatic carbocycles. The van der Waals surface area contributed by atoms with Crippen LogP contribution in [0, 0.1) is 0 Å². The van der Waals surface area contributed by atoms with Gasteiger partial charge in [0, 0.05) is 55.3 Å². The largest absolute Gasteiger partial charge is 0.380 e. The molecule has 1 aliphatic rings. The van der Waals surface area contributed by atoms with Crippen LogP contribution in [0.25, 0.3) is 0 Å². The number of fused-ring (bicyclic) bond motifs is 1. The minimum atomic E-state index is -3.79. The van der Waals surface area contributed by atoms with E-state index in [4.69, 9.17) is 42.1 Å². The van der Waals surface area contributed by atoms with Crippen molar-refractivity contribution >= 4 is 45.0 Å². The lowest BCUT2D eigenvalue weighted by molar-refractivity contribution is -0.146.